The first kappa shape index (κ1) is 16.1. The molecule has 0 radical (unpaired) electrons. The van der Waals surface area contributed by atoms with Crippen molar-refractivity contribution in [2.75, 3.05) is 13.1 Å². The Morgan fingerprint density at radius 2 is 1.88 bits per heavy atom. The Morgan fingerprint density at radius 3 is 2.56 bits per heavy atom. The number of hydrogen-bond donors (Lipinski definition) is 1. The summed E-state index contributed by atoms with van der Waals surface area (Å²) in [4.78, 5) is 14.8. The zero-order valence-corrected chi connectivity index (χ0v) is 14.8. The molecule has 2 amide bonds. The third kappa shape index (κ3) is 3.01. The monoisotopic (exact) mass is 339 g/mol. The average molecular weight is 339 g/mol. The van der Waals surface area contributed by atoms with Gasteiger partial charge in [0.25, 0.3) is 0 Å². The lowest BCUT2D eigenvalue weighted by Gasteiger charge is -2.25. The smallest absolute Gasteiger partial charge is 0.318 e. The SMILES string of the molecule is CC(C)[C@@H](NC(=O)N1C[C@H]2CC=CC[C@H]2C1)c1nnc2ccccn12. The minimum atomic E-state index is -0.161. The number of pyridine rings is 1. The van der Waals surface area contributed by atoms with Crippen LogP contribution >= 0.6 is 0 Å². The average Bonchev–Trinajstić information content (AvgIpc) is 3.23. The molecule has 1 fully saturated rings. The van der Waals surface area contributed by atoms with Gasteiger partial charge in [-0.05, 0) is 42.7 Å². The predicted molar refractivity (Wildman–Crippen MR) is 96.0 cm³/mol. The third-order valence-electron chi connectivity index (χ3n) is 5.47. The van der Waals surface area contributed by atoms with Crippen molar-refractivity contribution in [3.8, 4) is 0 Å². The lowest BCUT2D eigenvalue weighted by molar-refractivity contribution is 0.197. The Morgan fingerprint density at radius 1 is 1.16 bits per heavy atom. The summed E-state index contributed by atoms with van der Waals surface area (Å²) in [6.45, 7) is 5.91. The summed E-state index contributed by atoms with van der Waals surface area (Å²) >= 11 is 0. The second-order valence-electron chi connectivity index (χ2n) is 7.53. The van der Waals surface area contributed by atoms with Crippen LogP contribution in [-0.2, 0) is 0 Å². The van der Waals surface area contributed by atoms with Crippen molar-refractivity contribution in [2.24, 2.45) is 17.8 Å². The highest BCUT2D eigenvalue weighted by molar-refractivity contribution is 5.75. The van der Waals surface area contributed by atoms with Crippen LogP contribution in [0.15, 0.2) is 36.5 Å². The van der Waals surface area contributed by atoms with E-state index in [-0.39, 0.29) is 18.0 Å². The van der Waals surface area contributed by atoms with Crippen LogP contribution in [0, 0.1) is 17.8 Å². The van der Waals surface area contributed by atoms with Crippen molar-refractivity contribution >= 4 is 11.7 Å². The number of urea groups is 1. The van der Waals surface area contributed by atoms with E-state index in [1.165, 1.54) is 0 Å². The maximum Gasteiger partial charge on any atom is 0.318 e. The van der Waals surface area contributed by atoms with E-state index in [0.29, 0.717) is 11.8 Å². The first-order valence-electron chi connectivity index (χ1n) is 9.13. The molecule has 0 saturated carbocycles. The van der Waals surface area contributed by atoms with Crippen molar-refractivity contribution in [3.63, 3.8) is 0 Å². The molecule has 3 heterocycles. The van der Waals surface area contributed by atoms with Gasteiger partial charge >= 0.3 is 6.03 Å². The molecule has 2 aromatic rings. The van der Waals surface area contributed by atoms with Gasteiger partial charge in [0, 0.05) is 19.3 Å². The zero-order chi connectivity index (χ0) is 17.4. The fourth-order valence-electron chi connectivity index (χ4n) is 4.01. The normalized spacial score (nSPS) is 23.9. The molecule has 2 aliphatic rings. The quantitative estimate of drug-likeness (QED) is 0.874. The van der Waals surface area contributed by atoms with Crippen LogP contribution in [0.3, 0.4) is 0 Å². The van der Waals surface area contributed by atoms with Crippen LogP contribution in [0.5, 0.6) is 0 Å². The van der Waals surface area contributed by atoms with Crippen molar-refractivity contribution in [1.29, 1.82) is 0 Å². The summed E-state index contributed by atoms with van der Waals surface area (Å²) in [5.41, 5.74) is 0.802. The Balaban J connectivity index is 1.52. The number of fused-ring (bicyclic) bond motifs is 2. The molecule has 2 aromatic heterocycles. The van der Waals surface area contributed by atoms with Gasteiger partial charge in [-0.25, -0.2) is 4.79 Å². The second kappa shape index (κ2) is 6.50. The highest BCUT2D eigenvalue weighted by Crippen LogP contribution is 2.33. The van der Waals surface area contributed by atoms with Gasteiger partial charge in [0.2, 0.25) is 0 Å². The number of hydrogen-bond acceptors (Lipinski definition) is 3. The number of likely N-dealkylation sites (tertiary alicyclic amines) is 1. The van der Waals surface area contributed by atoms with Gasteiger partial charge in [-0.1, -0.05) is 32.1 Å². The van der Waals surface area contributed by atoms with Crippen molar-refractivity contribution < 1.29 is 4.79 Å². The molecule has 6 nitrogen and oxygen atoms in total. The zero-order valence-electron chi connectivity index (χ0n) is 14.8. The molecule has 0 spiro atoms. The molecular formula is C19H25N5O. The lowest BCUT2D eigenvalue weighted by Crippen LogP contribution is -2.42. The Kier molecular flexibility index (Phi) is 4.19. The summed E-state index contributed by atoms with van der Waals surface area (Å²) in [5.74, 6) is 2.24. The second-order valence-corrected chi connectivity index (χ2v) is 7.53. The van der Waals surface area contributed by atoms with Gasteiger partial charge in [-0.15, -0.1) is 10.2 Å². The molecular weight excluding hydrogens is 314 g/mol. The molecule has 132 valence electrons. The summed E-state index contributed by atoms with van der Waals surface area (Å²) in [7, 11) is 0. The molecule has 0 bridgehead atoms. The van der Waals surface area contributed by atoms with E-state index in [9.17, 15) is 4.79 Å². The van der Waals surface area contributed by atoms with E-state index in [4.69, 9.17) is 0 Å². The van der Waals surface area contributed by atoms with Gasteiger partial charge in [0.1, 0.15) is 0 Å². The Bertz CT molecular complexity index is 780. The number of carbonyl (C=O) groups is 1. The number of rotatable bonds is 3. The number of nitrogens with one attached hydrogen (secondary N) is 1. The van der Waals surface area contributed by atoms with Gasteiger partial charge in [0.05, 0.1) is 6.04 Å². The topological polar surface area (TPSA) is 62.5 Å². The van der Waals surface area contributed by atoms with Crippen LogP contribution in [0.1, 0.15) is 38.6 Å². The Hall–Kier alpha value is -2.37. The standard InChI is InChI=1S/C19H25N5O/c1-13(2)17(18-22-21-16-9-5-6-10-24(16)18)20-19(25)23-11-14-7-3-4-8-15(14)12-23/h3-6,9-10,13-15,17H,7-8,11-12H2,1-2H3,(H,20,25)/t14-,15+,17-/m1/s1. The van der Waals surface area contributed by atoms with Gasteiger partial charge in [-0.2, -0.15) is 0 Å². The van der Waals surface area contributed by atoms with E-state index in [0.717, 1.165) is 37.4 Å². The van der Waals surface area contributed by atoms with Crippen molar-refractivity contribution in [1.82, 2.24) is 24.8 Å². The maximum atomic E-state index is 12.9. The lowest BCUT2D eigenvalue weighted by atomic mass is 9.86. The van der Waals surface area contributed by atoms with Crippen molar-refractivity contribution in [3.05, 3.63) is 42.4 Å². The van der Waals surface area contributed by atoms with Crippen LogP contribution in [0.2, 0.25) is 0 Å². The first-order chi connectivity index (χ1) is 12.1. The Labute approximate surface area is 147 Å². The molecule has 1 N–H and O–H groups in total. The van der Waals surface area contributed by atoms with Crippen LogP contribution in [0.4, 0.5) is 4.79 Å². The minimum absolute atomic E-state index is 0.0146. The summed E-state index contributed by atoms with van der Waals surface area (Å²) in [6.07, 6.45) is 8.64. The molecule has 3 atom stereocenters. The fraction of sp³-hybridized carbons (Fsp3) is 0.526. The van der Waals surface area contributed by atoms with E-state index in [2.05, 4.69) is 41.5 Å². The summed E-state index contributed by atoms with van der Waals surface area (Å²) < 4.78 is 1.96. The number of carbonyl (C=O) groups excluding carboxylic acids is 1. The molecule has 4 rings (SSSR count). The van der Waals surface area contributed by atoms with E-state index >= 15 is 0 Å². The van der Waals surface area contributed by atoms with Crippen LogP contribution in [-0.4, -0.2) is 38.6 Å². The molecule has 1 saturated heterocycles. The summed E-state index contributed by atoms with van der Waals surface area (Å²) in [6, 6.07) is 5.67. The number of amides is 2. The van der Waals surface area contributed by atoms with Crippen LogP contribution < -0.4 is 5.32 Å². The molecule has 6 heteroatoms. The molecule has 0 unspecified atom stereocenters. The molecule has 0 aromatic carbocycles. The molecule has 25 heavy (non-hydrogen) atoms. The minimum Gasteiger partial charge on any atom is -0.328 e. The fourth-order valence-corrected chi connectivity index (χ4v) is 4.01. The first-order valence-corrected chi connectivity index (χ1v) is 9.13. The third-order valence-corrected chi connectivity index (χ3v) is 5.47. The van der Waals surface area contributed by atoms with Crippen molar-refractivity contribution in [2.45, 2.75) is 32.7 Å². The maximum absolute atomic E-state index is 12.9. The summed E-state index contributed by atoms with van der Waals surface area (Å²) in [5, 5.41) is 11.8. The van der Waals surface area contributed by atoms with E-state index < -0.39 is 0 Å². The molecule has 1 aliphatic carbocycles. The van der Waals surface area contributed by atoms with Crippen LogP contribution in [0.25, 0.3) is 5.65 Å². The number of nitrogens with zero attached hydrogens (tertiary/aromatic N) is 4. The number of aromatic nitrogens is 3. The van der Waals surface area contributed by atoms with Gasteiger partial charge in [0.15, 0.2) is 11.5 Å². The number of allylic oxidation sites excluding steroid dienone is 2. The molecule has 1 aliphatic heterocycles. The largest absolute Gasteiger partial charge is 0.328 e. The predicted octanol–water partition coefficient (Wildman–Crippen LogP) is 3.03. The van der Waals surface area contributed by atoms with Gasteiger partial charge < -0.3 is 10.2 Å². The van der Waals surface area contributed by atoms with E-state index in [1.807, 2.05) is 33.7 Å². The highest BCUT2D eigenvalue weighted by atomic mass is 16.2. The van der Waals surface area contributed by atoms with Gasteiger partial charge in [-0.3, -0.25) is 4.40 Å². The van der Waals surface area contributed by atoms with E-state index in [1.54, 1.807) is 0 Å². The highest BCUT2D eigenvalue weighted by Gasteiger charge is 2.36.